The van der Waals surface area contributed by atoms with Gasteiger partial charge in [0, 0.05) is 0 Å². The summed E-state index contributed by atoms with van der Waals surface area (Å²) in [6.07, 6.45) is 3.35. The molecule has 0 atom stereocenters. The maximum atomic E-state index is 4.93. The zero-order valence-electron chi connectivity index (χ0n) is 37.6. The van der Waals surface area contributed by atoms with Crippen molar-refractivity contribution in [2.24, 2.45) is 0 Å². The van der Waals surface area contributed by atoms with E-state index in [9.17, 15) is 0 Å². The van der Waals surface area contributed by atoms with Gasteiger partial charge in [-0.3, -0.25) is 0 Å². The van der Waals surface area contributed by atoms with Crippen LogP contribution in [0.15, 0.2) is 176 Å². The molecule has 0 fully saturated rings. The van der Waals surface area contributed by atoms with Gasteiger partial charge in [-0.25, -0.2) is 0 Å². The Morgan fingerprint density at radius 2 is 1.13 bits per heavy atom. The Hall–Kier alpha value is -4.43. The Kier molecular flexibility index (Phi) is 15.6. The predicted octanol–water partition coefficient (Wildman–Crippen LogP) is 15.9. The molecule has 0 aromatic heterocycles. The van der Waals surface area contributed by atoms with Crippen LogP contribution in [0.1, 0.15) is 82.7 Å². The van der Waals surface area contributed by atoms with Crippen molar-refractivity contribution in [3.8, 4) is 22.3 Å². The van der Waals surface area contributed by atoms with Crippen molar-refractivity contribution in [2.75, 3.05) is 0 Å². The fraction of sp³-hybridized carbons (Fsp3) is 0.203. The Balaban J connectivity index is 0.000000144. The topological polar surface area (TPSA) is 0 Å². The first-order valence-electron chi connectivity index (χ1n) is 22.0. The van der Waals surface area contributed by atoms with Crippen molar-refractivity contribution in [3.63, 3.8) is 0 Å². The van der Waals surface area contributed by atoms with E-state index in [0.29, 0.717) is 0 Å². The largest absolute Gasteiger partial charge is 0.121 e. The molecule has 0 amide bonds. The normalized spacial score (nSPS) is 11.6. The van der Waals surface area contributed by atoms with Crippen LogP contribution in [0, 0.1) is 6.07 Å². The number of fused-ring (bicyclic) bond motifs is 6. The second kappa shape index (κ2) is 21.0. The van der Waals surface area contributed by atoms with Crippen LogP contribution in [-0.4, -0.2) is 9.52 Å². The molecule has 9 aromatic rings. The van der Waals surface area contributed by atoms with Crippen LogP contribution >= 0.6 is 17.0 Å². The van der Waals surface area contributed by atoms with Crippen LogP contribution in [0.4, 0.5) is 0 Å². The zero-order valence-corrected chi connectivity index (χ0v) is 42.6. The first-order chi connectivity index (χ1) is 30.4. The summed E-state index contributed by atoms with van der Waals surface area (Å²) >= 11 is -0.826. The average molecular weight is 955 g/mol. The van der Waals surface area contributed by atoms with E-state index in [1.165, 1.54) is 99.2 Å². The molecule has 1 aliphatic rings. The molecule has 10 rings (SSSR count). The number of aryl methyl sites for hydroxylation is 1. The Labute approximate surface area is 397 Å². The molecule has 0 saturated carbocycles. The molecule has 0 unspecified atom stereocenters. The van der Waals surface area contributed by atoms with E-state index in [2.05, 4.69) is 230 Å². The molecule has 0 bridgehead atoms. The second-order valence-corrected chi connectivity index (χ2v) is 23.5. The molecular formula is C59H56Cl2SiZr. The summed E-state index contributed by atoms with van der Waals surface area (Å²) in [6, 6.07) is 67.5. The molecule has 0 spiro atoms. The molecule has 0 heterocycles. The van der Waals surface area contributed by atoms with Gasteiger partial charge in [0.25, 0.3) is 0 Å². The summed E-state index contributed by atoms with van der Waals surface area (Å²) in [6.45, 7) is 15.9. The maximum absolute atomic E-state index is 4.93. The fourth-order valence-corrected chi connectivity index (χ4v) is 9.50. The van der Waals surface area contributed by atoms with Crippen molar-refractivity contribution in [1.29, 1.82) is 0 Å². The van der Waals surface area contributed by atoms with Crippen molar-refractivity contribution >= 4 is 69.2 Å². The second-order valence-electron chi connectivity index (χ2n) is 18.4. The number of halogens is 2. The van der Waals surface area contributed by atoms with Crippen LogP contribution in [-0.2, 0) is 44.5 Å². The molecule has 0 aliphatic heterocycles. The van der Waals surface area contributed by atoms with E-state index >= 15 is 0 Å². The average Bonchev–Trinajstić information content (AvgIpc) is 3.87. The van der Waals surface area contributed by atoms with Crippen LogP contribution < -0.4 is 10.4 Å². The first-order valence-corrected chi connectivity index (χ1v) is 29.3. The van der Waals surface area contributed by atoms with E-state index in [1.54, 1.807) is 0 Å². The zero-order chi connectivity index (χ0) is 44.6. The maximum Gasteiger partial charge on any atom is 0.121 e. The van der Waals surface area contributed by atoms with Crippen LogP contribution in [0.5, 0.6) is 0 Å². The van der Waals surface area contributed by atoms with E-state index in [-0.39, 0.29) is 10.8 Å². The summed E-state index contributed by atoms with van der Waals surface area (Å²) in [4.78, 5) is 0. The molecule has 1 aliphatic carbocycles. The molecular weight excluding hydrogens is 899 g/mol. The minimum atomic E-state index is -0.826. The number of hydrogen-bond acceptors (Lipinski definition) is 0. The molecule has 2 radical (unpaired) electrons. The van der Waals surface area contributed by atoms with Gasteiger partial charge in [0.1, 0.15) is 9.52 Å². The summed E-state index contributed by atoms with van der Waals surface area (Å²) in [7, 11) is 10.6. The van der Waals surface area contributed by atoms with E-state index in [4.69, 9.17) is 17.0 Å². The minimum absolute atomic E-state index is 0.177. The Bertz CT molecular complexity index is 2760. The van der Waals surface area contributed by atoms with Crippen molar-refractivity contribution < 1.29 is 20.8 Å². The summed E-state index contributed by atoms with van der Waals surface area (Å²) < 4.78 is 0. The molecule has 4 heteroatoms. The smallest absolute Gasteiger partial charge is 0.0631 e. The predicted molar refractivity (Wildman–Crippen MR) is 275 cm³/mol. The molecule has 314 valence electrons. The minimum Gasteiger partial charge on any atom is -0.0631 e. The molecule has 0 nitrogen and oxygen atoms in total. The van der Waals surface area contributed by atoms with Crippen LogP contribution in [0.2, 0.25) is 0 Å². The fourth-order valence-electron chi connectivity index (χ4n) is 8.45. The van der Waals surface area contributed by atoms with Gasteiger partial charge in [-0.15, -0.1) is 40.1 Å². The molecule has 9 aromatic carbocycles. The van der Waals surface area contributed by atoms with E-state index < -0.39 is 20.8 Å². The van der Waals surface area contributed by atoms with E-state index in [0.717, 1.165) is 22.4 Å². The van der Waals surface area contributed by atoms with Gasteiger partial charge in [-0.1, -0.05) is 221 Å². The third-order valence-corrected chi connectivity index (χ3v) is 13.0. The third-order valence-electron chi connectivity index (χ3n) is 11.8. The molecule has 0 saturated heterocycles. The van der Waals surface area contributed by atoms with Gasteiger partial charge in [-0.05, 0) is 57.0 Å². The summed E-state index contributed by atoms with van der Waals surface area (Å²) in [5.41, 5.74) is 12.9. The van der Waals surface area contributed by atoms with Gasteiger partial charge in [0.2, 0.25) is 0 Å². The van der Waals surface area contributed by atoms with E-state index in [1.807, 2.05) is 0 Å². The number of rotatable bonds is 5. The van der Waals surface area contributed by atoms with Gasteiger partial charge in [-0.2, -0.15) is 35.4 Å². The van der Waals surface area contributed by atoms with Gasteiger partial charge in [0.05, 0.1) is 0 Å². The van der Waals surface area contributed by atoms with Gasteiger partial charge >= 0.3 is 37.9 Å². The van der Waals surface area contributed by atoms with Crippen LogP contribution in [0.25, 0.3) is 54.6 Å². The Morgan fingerprint density at radius 1 is 0.571 bits per heavy atom. The molecule has 63 heavy (non-hydrogen) atoms. The Morgan fingerprint density at radius 3 is 1.70 bits per heavy atom. The molecule has 0 N–H and O–H groups in total. The third kappa shape index (κ3) is 11.5. The first kappa shape index (κ1) is 46.6. The van der Waals surface area contributed by atoms with Crippen molar-refractivity contribution in [3.05, 3.63) is 210 Å². The van der Waals surface area contributed by atoms with Crippen molar-refractivity contribution in [2.45, 2.75) is 78.6 Å². The SMILES string of the molecule is CC(C)(C)c1c[c-]c2c(c1)-c1cc(C(C)(C)C)ccc1C2.CCCc1cc2c(-c3c4ccccc4cc4ccccc34)cccc2[cH-]1.[Cl][Zr+2][Cl].c1ccc([Si]c2ccccc2)cc1. The number of benzene rings is 8. The number of hydrogen-bond donors (Lipinski definition) is 0. The standard InChI is InChI=1S/C26H21.C21H25.C12H10Si.2ClH.Zr/c1-2-8-18-15-19-11-7-14-24(25(19)16-18)26-22-12-5-3-9-20(22)17-21-10-4-6-13-23(21)26;1-20(2,3)16-9-7-14-11-15-8-10-17(21(4,5)6)13-19(15)18(14)12-16;1-3-7-11(8-4-1)13-12-9-5-2-6-10-12;;;/h3-7,9-17H,2,8H2,1H3;7,9-10,12-13H,11H2,1-6H3;1-10H;2*1H;/q2*-1;;;;+4/p-2. The van der Waals surface area contributed by atoms with Gasteiger partial charge < -0.3 is 0 Å². The van der Waals surface area contributed by atoms with Crippen LogP contribution in [0.3, 0.4) is 0 Å². The monoisotopic (exact) mass is 952 g/mol. The summed E-state index contributed by atoms with van der Waals surface area (Å²) in [5, 5.41) is 10.8. The quantitative estimate of drug-likeness (QED) is 0.0916. The summed E-state index contributed by atoms with van der Waals surface area (Å²) in [5.74, 6) is 0. The van der Waals surface area contributed by atoms with Crippen molar-refractivity contribution in [1.82, 2.24) is 0 Å². The van der Waals surface area contributed by atoms with Gasteiger partial charge in [0.15, 0.2) is 0 Å².